The molecule has 0 spiro atoms. The Bertz CT molecular complexity index is 1200. The van der Waals surface area contributed by atoms with Crippen molar-refractivity contribution in [1.29, 1.82) is 0 Å². The van der Waals surface area contributed by atoms with Crippen molar-refractivity contribution in [2.45, 2.75) is 30.3 Å². The number of amides is 1. The van der Waals surface area contributed by atoms with Crippen molar-refractivity contribution < 1.29 is 9.53 Å². The second-order valence-corrected chi connectivity index (χ2v) is 9.89. The summed E-state index contributed by atoms with van der Waals surface area (Å²) in [7, 11) is 3.61. The molecular formula is C25H26N4O2S2. The standard InChI is InChI=1S/C25H26N4O2S2/c1-17-9-14-22(33-17)24(30)26-21(15-18-7-5-4-6-8-18)23-27-28-25(29(23)2)32-16-19-10-12-20(31-3)13-11-19/h4-14,21H,15-16H2,1-3H3,(H,26,30). The van der Waals surface area contributed by atoms with E-state index in [4.69, 9.17) is 4.74 Å². The van der Waals surface area contributed by atoms with E-state index in [0.29, 0.717) is 11.3 Å². The van der Waals surface area contributed by atoms with Crippen LogP contribution in [0.4, 0.5) is 0 Å². The number of nitrogens with zero attached hydrogens (tertiary/aromatic N) is 3. The fraction of sp³-hybridized carbons (Fsp3) is 0.240. The molecule has 2 aromatic heterocycles. The minimum atomic E-state index is -0.296. The number of hydrogen-bond acceptors (Lipinski definition) is 6. The van der Waals surface area contributed by atoms with Gasteiger partial charge in [0.25, 0.3) is 5.91 Å². The van der Waals surface area contributed by atoms with E-state index < -0.39 is 0 Å². The largest absolute Gasteiger partial charge is 0.497 e. The minimum Gasteiger partial charge on any atom is -0.497 e. The van der Waals surface area contributed by atoms with Crippen molar-refractivity contribution >= 4 is 29.0 Å². The van der Waals surface area contributed by atoms with Crippen LogP contribution in [0.2, 0.25) is 0 Å². The van der Waals surface area contributed by atoms with Crippen molar-refractivity contribution in [1.82, 2.24) is 20.1 Å². The molecule has 0 saturated heterocycles. The van der Waals surface area contributed by atoms with Crippen molar-refractivity contribution in [3.8, 4) is 5.75 Å². The number of thioether (sulfide) groups is 1. The molecule has 33 heavy (non-hydrogen) atoms. The fourth-order valence-electron chi connectivity index (χ4n) is 3.47. The highest BCUT2D eigenvalue weighted by Gasteiger charge is 2.23. The van der Waals surface area contributed by atoms with Gasteiger partial charge < -0.3 is 14.6 Å². The van der Waals surface area contributed by atoms with Gasteiger partial charge in [0.05, 0.1) is 18.0 Å². The highest BCUT2D eigenvalue weighted by Crippen LogP contribution is 2.26. The molecule has 6 nitrogen and oxygen atoms in total. The lowest BCUT2D eigenvalue weighted by atomic mass is 10.1. The molecule has 1 atom stereocenters. The molecule has 1 amide bonds. The first-order valence-electron chi connectivity index (χ1n) is 10.6. The van der Waals surface area contributed by atoms with Gasteiger partial charge in [0.1, 0.15) is 5.75 Å². The minimum absolute atomic E-state index is 0.0931. The fourth-order valence-corrected chi connectivity index (χ4v) is 5.11. The maximum Gasteiger partial charge on any atom is 0.261 e. The van der Waals surface area contributed by atoms with Gasteiger partial charge in [-0.25, -0.2) is 0 Å². The first-order valence-corrected chi connectivity index (χ1v) is 12.4. The number of carbonyl (C=O) groups excluding carboxylic acids is 1. The quantitative estimate of drug-likeness (QED) is 0.335. The smallest absolute Gasteiger partial charge is 0.261 e. The SMILES string of the molecule is COc1ccc(CSc2nnc(C(Cc3ccccc3)NC(=O)c3ccc(C)s3)n2C)cc1. The lowest BCUT2D eigenvalue weighted by Crippen LogP contribution is -2.31. The van der Waals surface area contributed by atoms with E-state index in [1.807, 2.05) is 73.1 Å². The Labute approximate surface area is 202 Å². The highest BCUT2D eigenvalue weighted by atomic mass is 32.2. The van der Waals surface area contributed by atoms with Crippen molar-refractivity contribution in [2.75, 3.05) is 7.11 Å². The Balaban J connectivity index is 1.53. The van der Waals surface area contributed by atoms with Crippen LogP contribution in [0.5, 0.6) is 5.75 Å². The molecule has 2 heterocycles. The van der Waals surface area contributed by atoms with E-state index in [1.54, 1.807) is 18.9 Å². The van der Waals surface area contributed by atoms with E-state index in [2.05, 4.69) is 27.6 Å². The zero-order chi connectivity index (χ0) is 23.2. The Morgan fingerprint density at radius 2 is 1.82 bits per heavy atom. The highest BCUT2D eigenvalue weighted by molar-refractivity contribution is 7.98. The zero-order valence-corrected chi connectivity index (χ0v) is 20.5. The van der Waals surface area contributed by atoms with E-state index in [0.717, 1.165) is 32.9 Å². The molecule has 4 rings (SSSR count). The van der Waals surface area contributed by atoms with Gasteiger partial charge in [0.2, 0.25) is 0 Å². The summed E-state index contributed by atoms with van der Waals surface area (Å²) in [4.78, 5) is 14.7. The number of aromatic nitrogens is 3. The maximum absolute atomic E-state index is 12.9. The third-order valence-corrected chi connectivity index (χ3v) is 7.35. The molecule has 170 valence electrons. The van der Waals surface area contributed by atoms with Crippen molar-refractivity contribution in [3.05, 3.63) is 93.4 Å². The van der Waals surface area contributed by atoms with Gasteiger partial charge >= 0.3 is 0 Å². The summed E-state index contributed by atoms with van der Waals surface area (Å²) in [5, 5.41) is 12.9. The Kier molecular flexibility index (Phi) is 7.47. The lowest BCUT2D eigenvalue weighted by Gasteiger charge is -2.18. The number of carbonyl (C=O) groups is 1. The molecule has 0 aliphatic carbocycles. The molecule has 0 radical (unpaired) electrons. The lowest BCUT2D eigenvalue weighted by molar-refractivity contribution is 0.0938. The molecule has 0 aliphatic heterocycles. The second-order valence-electron chi connectivity index (χ2n) is 7.66. The monoisotopic (exact) mass is 478 g/mol. The number of methoxy groups -OCH3 is 1. The molecule has 1 N–H and O–H groups in total. The third kappa shape index (κ3) is 5.83. The van der Waals surface area contributed by atoms with Crippen LogP contribution in [-0.2, 0) is 19.2 Å². The first kappa shape index (κ1) is 23.1. The average Bonchev–Trinajstić information content (AvgIpc) is 3.43. The number of hydrogen-bond donors (Lipinski definition) is 1. The number of rotatable bonds is 9. The molecule has 2 aromatic carbocycles. The molecule has 0 aliphatic rings. The molecule has 4 aromatic rings. The van der Waals surface area contributed by atoms with Gasteiger partial charge in [-0.05, 0) is 48.7 Å². The Hall–Kier alpha value is -3.10. The van der Waals surface area contributed by atoms with E-state index in [1.165, 1.54) is 16.9 Å². The molecule has 0 saturated carbocycles. The van der Waals surface area contributed by atoms with E-state index >= 15 is 0 Å². The van der Waals surface area contributed by atoms with Gasteiger partial charge in [-0.2, -0.15) is 0 Å². The first-order chi connectivity index (χ1) is 16.0. The van der Waals surface area contributed by atoms with Crippen LogP contribution in [0.25, 0.3) is 0 Å². The molecule has 0 bridgehead atoms. The molecular weight excluding hydrogens is 452 g/mol. The van der Waals surface area contributed by atoms with Gasteiger partial charge in [0.15, 0.2) is 11.0 Å². The summed E-state index contributed by atoms with van der Waals surface area (Å²) in [6.45, 7) is 2.00. The number of aryl methyl sites for hydroxylation is 1. The number of ether oxygens (including phenoxy) is 1. The Morgan fingerprint density at radius 1 is 1.06 bits per heavy atom. The topological polar surface area (TPSA) is 69.0 Å². The normalized spacial score (nSPS) is 11.8. The number of thiophene rings is 1. The van der Waals surface area contributed by atoms with E-state index in [-0.39, 0.29) is 11.9 Å². The summed E-state index contributed by atoms with van der Waals surface area (Å²) in [5.41, 5.74) is 2.30. The summed E-state index contributed by atoms with van der Waals surface area (Å²) in [6.07, 6.45) is 0.631. The third-order valence-electron chi connectivity index (χ3n) is 5.26. The number of nitrogens with one attached hydrogen (secondary N) is 1. The van der Waals surface area contributed by atoms with Crippen LogP contribution < -0.4 is 10.1 Å². The van der Waals surface area contributed by atoms with Crippen molar-refractivity contribution in [2.24, 2.45) is 7.05 Å². The summed E-state index contributed by atoms with van der Waals surface area (Å²) >= 11 is 3.10. The summed E-state index contributed by atoms with van der Waals surface area (Å²) in [6, 6.07) is 21.6. The summed E-state index contributed by atoms with van der Waals surface area (Å²) < 4.78 is 7.20. The van der Waals surface area contributed by atoms with Crippen LogP contribution in [0, 0.1) is 6.92 Å². The second kappa shape index (κ2) is 10.7. The van der Waals surface area contributed by atoms with Gasteiger partial charge in [-0.15, -0.1) is 21.5 Å². The average molecular weight is 479 g/mol. The van der Waals surface area contributed by atoms with Crippen molar-refractivity contribution in [3.63, 3.8) is 0 Å². The van der Waals surface area contributed by atoms with Crippen LogP contribution in [0.1, 0.15) is 37.5 Å². The Morgan fingerprint density at radius 3 is 2.48 bits per heavy atom. The summed E-state index contributed by atoms with van der Waals surface area (Å²) in [5.74, 6) is 2.24. The van der Waals surface area contributed by atoms with E-state index in [9.17, 15) is 4.79 Å². The zero-order valence-electron chi connectivity index (χ0n) is 18.8. The molecule has 1 unspecified atom stereocenters. The maximum atomic E-state index is 12.9. The predicted molar refractivity (Wildman–Crippen MR) is 133 cm³/mol. The number of benzene rings is 2. The van der Waals surface area contributed by atoms with Gasteiger partial charge in [-0.1, -0.05) is 54.2 Å². The van der Waals surface area contributed by atoms with Crippen LogP contribution in [0.15, 0.2) is 71.9 Å². The molecule has 0 fully saturated rings. The van der Waals surface area contributed by atoms with Gasteiger partial charge in [-0.3, -0.25) is 4.79 Å². The van der Waals surface area contributed by atoms with Crippen LogP contribution >= 0.6 is 23.1 Å². The molecule has 8 heteroatoms. The van der Waals surface area contributed by atoms with Crippen LogP contribution in [0.3, 0.4) is 0 Å². The van der Waals surface area contributed by atoms with Crippen LogP contribution in [-0.4, -0.2) is 27.8 Å². The van der Waals surface area contributed by atoms with Gasteiger partial charge in [0, 0.05) is 17.7 Å². The predicted octanol–water partition coefficient (Wildman–Crippen LogP) is 5.20.